The summed E-state index contributed by atoms with van der Waals surface area (Å²) < 4.78 is 0. The summed E-state index contributed by atoms with van der Waals surface area (Å²) in [6.45, 7) is 0.704. The van der Waals surface area contributed by atoms with Crippen molar-refractivity contribution >= 4 is 17.3 Å². The highest BCUT2D eigenvalue weighted by atomic mass is 16.2. The Labute approximate surface area is 123 Å². The first-order chi connectivity index (χ1) is 10.2. The van der Waals surface area contributed by atoms with Crippen LogP contribution in [0.15, 0.2) is 42.5 Å². The van der Waals surface area contributed by atoms with Gasteiger partial charge in [-0.25, -0.2) is 0 Å². The Balaban J connectivity index is 1.94. The van der Waals surface area contributed by atoms with E-state index in [9.17, 15) is 4.79 Å². The molecule has 2 aromatic rings. The molecule has 0 spiro atoms. The second kappa shape index (κ2) is 5.29. The Hall–Kier alpha value is -2.80. The lowest BCUT2D eigenvalue weighted by Crippen LogP contribution is -2.35. The first-order valence-electron chi connectivity index (χ1n) is 6.89. The number of fused-ring (bicyclic) bond motifs is 1. The lowest BCUT2D eigenvalue weighted by atomic mass is 10.00. The van der Waals surface area contributed by atoms with Crippen molar-refractivity contribution in [3.8, 4) is 6.07 Å². The monoisotopic (exact) mass is 277 g/mol. The predicted octanol–water partition coefficient (Wildman–Crippen LogP) is 2.73. The van der Waals surface area contributed by atoms with Crippen molar-refractivity contribution in [2.45, 2.75) is 12.8 Å². The Bertz CT molecular complexity index is 729. The zero-order chi connectivity index (χ0) is 14.8. The van der Waals surface area contributed by atoms with Gasteiger partial charge >= 0.3 is 0 Å². The lowest BCUT2D eigenvalue weighted by molar-refractivity contribution is 0.0985. The summed E-state index contributed by atoms with van der Waals surface area (Å²) in [5, 5.41) is 8.81. The minimum absolute atomic E-state index is 0.0368. The highest BCUT2D eigenvalue weighted by Gasteiger charge is 2.23. The molecule has 1 heterocycles. The molecule has 21 heavy (non-hydrogen) atoms. The van der Waals surface area contributed by atoms with E-state index in [0.29, 0.717) is 17.7 Å². The first kappa shape index (κ1) is 13.2. The highest BCUT2D eigenvalue weighted by Crippen LogP contribution is 2.30. The van der Waals surface area contributed by atoms with Crippen LogP contribution < -0.4 is 10.6 Å². The second-order valence-electron chi connectivity index (χ2n) is 5.14. The molecular weight excluding hydrogens is 262 g/mol. The molecule has 1 amide bonds. The number of nitrogens with zero attached hydrogens (tertiary/aromatic N) is 2. The van der Waals surface area contributed by atoms with Crippen LogP contribution in [0.5, 0.6) is 0 Å². The van der Waals surface area contributed by atoms with Crippen molar-refractivity contribution in [3.63, 3.8) is 0 Å². The molecule has 2 aromatic carbocycles. The van der Waals surface area contributed by atoms with Gasteiger partial charge in [-0.3, -0.25) is 4.79 Å². The fourth-order valence-electron chi connectivity index (χ4n) is 2.67. The predicted molar refractivity (Wildman–Crippen MR) is 82.0 cm³/mol. The Kier molecular flexibility index (Phi) is 3.33. The zero-order valence-electron chi connectivity index (χ0n) is 11.5. The number of carbonyl (C=O) groups excluding carboxylic acids is 1. The highest BCUT2D eigenvalue weighted by molar-refractivity contribution is 6.06. The van der Waals surface area contributed by atoms with Crippen molar-refractivity contribution in [2.24, 2.45) is 0 Å². The normalized spacial score (nSPS) is 13.4. The van der Waals surface area contributed by atoms with E-state index >= 15 is 0 Å². The largest absolute Gasteiger partial charge is 0.399 e. The number of nitrogens with two attached hydrogens (primary N) is 1. The SMILES string of the molecule is N#Cc1ccc(C(=O)N2CCCc3cc(N)ccc32)cc1. The van der Waals surface area contributed by atoms with Crippen LogP contribution >= 0.6 is 0 Å². The summed E-state index contributed by atoms with van der Waals surface area (Å²) in [6, 6.07) is 14.5. The van der Waals surface area contributed by atoms with E-state index in [1.807, 2.05) is 18.2 Å². The maximum atomic E-state index is 12.7. The summed E-state index contributed by atoms with van der Waals surface area (Å²) in [5.74, 6) is -0.0368. The van der Waals surface area contributed by atoms with Gasteiger partial charge in [0, 0.05) is 23.5 Å². The van der Waals surface area contributed by atoms with Gasteiger partial charge in [-0.2, -0.15) is 5.26 Å². The number of carbonyl (C=O) groups is 1. The molecule has 0 fully saturated rings. The summed E-state index contributed by atoms with van der Waals surface area (Å²) in [5.41, 5.74) is 9.74. The third-order valence-electron chi connectivity index (χ3n) is 3.73. The number of hydrogen-bond donors (Lipinski definition) is 1. The second-order valence-corrected chi connectivity index (χ2v) is 5.14. The molecule has 0 bridgehead atoms. The minimum atomic E-state index is -0.0368. The molecule has 104 valence electrons. The third kappa shape index (κ3) is 2.46. The molecule has 0 radical (unpaired) electrons. The molecule has 0 atom stereocenters. The van der Waals surface area contributed by atoms with E-state index in [2.05, 4.69) is 6.07 Å². The fraction of sp³-hybridized carbons (Fsp3) is 0.176. The molecule has 2 N–H and O–H groups in total. The Morgan fingerprint density at radius 1 is 1.19 bits per heavy atom. The first-order valence-corrected chi connectivity index (χ1v) is 6.89. The van der Waals surface area contributed by atoms with Crippen molar-refractivity contribution in [1.29, 1.82) is 5.26 Å². The molecule has 0 saturated heterocycles. The number of aryl methyl sites for hydroxylation is 1. The topological polar surface area (TPSA) is 70.1 Å². The summed E-state index contributed by atoms with van der Waals surface area (Å²) >= 11 is 0. The van der Waals surface area contributed by atoms with E-state index in [4.69, 9.17) is 11.0 Å². The molecule has 4 nitrogen and oxygen atoms in total. The van der Waals surface area contributed by atoms with Crippen LogP contribution in [0.25, 0.3) is 0 Å². The zero-order valence-corrected chi connectivity index (χ0v) is 11.5. The molecule has 0 aromatic heterocycles. The van der Waals surface area contributed by atoms with Gasteiger partial charge in [-0.15, -0.1) is 0 Å². The van der Waals surface area contributed by atoms with Crippen LogP contribution in [-0.4, -0.2) is 12.5 Å². The standard InChI is InChI=1S/C17H15N3O/c18-11-12-3-5-13(6-4-12)17(21)20-9-1-2-14-10-15(19)7-8-16(14)20/h3-8,10H,1-2,9,19H2. The van der Waals surface area contributed by atoms with Crippen LogP contribution in [0.4, 0.5) is 11.4 Å². The Morgan fingerprint density at radius 2 is 1.95 bits per heavy atom. The van der Waals surface area contributed by atoms with E-state index in [0.717, 1.165) is 29.8 Å². The molecule has 0 unspecified atom stereocenters. The van der Waals surface area contributed by atoms with Crippen LogP contribution in [0.1, 0.15) is 27.9 Å². The Morgan fingerprint density at radius 3 is 2.67 bits per heavy atom. The van der Waals surface area contributed by atoms with Gasteiger partial charge in [0.25, 0.3) is 5.91 Å². The summed E-state index contributed by atoms with van der Waals surface area (Å²) in [6.07, 6.45) is 1.87. The average Bonchev–Trinajstić information content (AvgIpc) is 2.53. The van der Waals surface area contributed by atoms with Crippen molar-refractivity contribution in [2.75, 3.05) is 17.2 Å². The van der Waals surface area contributed by atoms with E-state index in [1.54, 1.807) is 29.2 Å². The molecule has 1 aliphatic rings. The van der Waals surface area contributed by atoms with E-state index < -0.39 is 0 Å². The van der Waals surface area contributed by atoms with Crippen molar-refractivity contribution in [3.05, 3.63) is 59.2 Å². The van der Waals surface area contributed by atoms with Crippen LogP contribution in [0.2, 0.25) is 0 Å². The van der Waals surface area contributed by atoms with Gasteiger partial charge in [0.05, 0.1) is 11.6 Å². The number of nitriles is 1. The maximum Gasteiger partial charge on any atom is 0.258 e. The molecular formula is C17H15N3O. The number of benzene rings is 2. The lowest BCUT2D eigenvalue weighted by Gasteiger charge is -2.29. The van der Waals surface area contributed by atoms with Crippen molar-refractivity contribution < 1.29 is 4.79 Å². The molecule has 1 aliphatic heterocycles. The number of rotatable bonds is 1. The number of anilines is 2. The van der Waals surface area contributed by atoms with Gasteiger partial charge in [0.2, 0.25) is 0 Å². The summed E-state index contributed by atoms with van der Waals surface area (Å²) in [7, 11) is 0. The smallest absolute Gasteiger partial charge is 0.258 e. The number of nitrogen functional groups attached to an aromatic ring is 1. The maximum absolute atomic E-state index is 12.7. The van der Waals surface area contributed by atoms with Crippen LogP contribution in [0, 0.1) is 11.3 Å². The number of hydrogen-bond acceptors (Lipinski definition) is 3. The third-order valence-corrected chi connectivity index (χ3v) is 3.73. The van der Waals surface area contributed by atoms with E-state index in [1.165, 1.54) is 0 Å². The quantitative estimate of drug-likeness (QED) is 0.815. The molecule has 0 aliphatic carbocycles. The van der Waals surface area contributed by atoms with Crippen LogP contribution in [-0.2, 0) is 6.42 Å². The van der Waals surface area contributed by atoms with Gasteiger partial charge < -0.3 is 10.6 Å². The molecule has 0 saturated carbocycles. The fourth-order valence-corrected chi connectivity index (χ4v) is 2.67. The van der Waals surface area contributed by atoms with Gasteiger partial charge in [0.15, 0.2) is 0 Å². The van der Waals surface area contributed by atoms with Crippen molar-refractivity contribution in [1.82, 2.24) is 0 Å². The average molecular weight is 277 g/mol. The van der Waals surface area contributed by atoms with Gasteiger partial charge in [-0.1, -0.05) is 0 Å². The molecule has 3 rings (SSSR count). The molecule has 4 heteroatoms. The number of amides is 1. The summed E-state index contributed by atoms with van der Waals surface area (Å²) in [4.78, 5) is 14.5. The minimum Gasteiger partial charge on any atom is -0.399 e. The van der Waals surface area contributed by atoms with Gasteiger partial charge in [0.1, 0.15) is 0 Å². The van der Waals surface area contributed by atoms with Gasteiger partial charge in [-0.05, 0) is 60.9 Å². The van der Waals surface area contributed by atoms with E-state index in [-0.39, 0.29) is 5.91 Å². The van der Waals surface area contributed by atoms with Crippen LogP contribution in [0.3, 0.4) is 0 Å².